The van der Waals surface area contributed by atoms with Crippen LogP contribution in [0.5, 0.6) is 5.75 Å². The molecule has 8 unspecified atom stereocenters. The van der Waals surface area contributed by atoms with Gasteiger partial charge in [-0.3, -0.25) is 18.9 Å². The van der Waals surface area contributed by atoms with Crippen LogP contribution in [0.3, 0.4) is 0 Å². The molecule has 2 aliphatic rings. The molecule has 2 amide bonds. The quantitative estimate of drug-likeness (QED) is 0.0786. The van der Waals surface area contributed by atoms with E-state index in [0.717, 1.165) is 6.07 Å². The zero-order valence-corrected chi connectivity index (χ0v) is 26.6. The lowest BCUT2D eigenvalue weighted by atomic mass is 9.94. The van der Waals surface area contributed by atoms with E-state index in [0.29, 0.717) is 25.9 Å². The number of quaternary nitrogens is 1. The van der Waals surface area contributed by atoms with E-state index >= 15 is 0 Å². The highest BCUT2D eigenvalue weighted by atomic mass is 32.2. The van der Waals surface area contributed by atoms with Crippen LogP contribution in [-0.2, 0) is 29.0 Å². The molecule has 9 N–H and O–H groups in total. The smallest absolute Gasteiger partial charge is 0.326 e. The predicted molar refractivity (Wildman–Crippen MR) is 159 cm³/mol. The third kappa shape index (κ3) is 7.53. The first-order valence-electron chi connectivity index (χ1n) is 14.8. The first kappa shape index (κ1) is 36.9. The number of carboxylic acid groups (broad SMARTS) is 2. The number of carbonyl (C=O) groups is 4. The molecule has 2 saturated heterocycles. The van der Waals surface area contributed by atoms with Crippen molar-refractivity contribution in [2.75, 3.05) is 38.2 Å². The second-order valence-corrected chi connectivity index (χ2v) is 13.6. The molecular weight excluding hydrogens is 632 g/mol. The molecule has 46 heavy (non-hydrogen) atoms. The van der Waals surface area contributed by atoms with Gasteiger partial charge in [-0.2, -0.15) is 0 Å². The summed E-state index contributed by atoms with van der Waals surface area (Å²) < 4.78 is 36.3. The van der Waals surface area contributed by atoms with Crippen molar-refractivity contribution in [1.82, 2.24) is 10.6 Å². The Kier molecular flexibility index (Phi) is 12.0. The topological polar surface area (TPSA) is 272 Å². The Morgan fingerprint density at radius 3 is 2.35 bits per heavy atom. The molecule has 258 valence electrons. The molecule has 0 saturated carbocycles. The van der Waals surface area contributed by atoms with Crippen LogP contribution in [0.2, 0.25) is 0 Å². The molecule has 1 aromatic rings. The van der Waals surface area contributed by atoms with Gasteiger partial charge in [-0.25, -0.2) is 13.2 Å². The molecule has 0 radical (unpaired) electrons. The summed E-state index contributed by atoms with van der Waals surface area (Å²) >= 11 is 0. The van der Waals surface area contributed by atoms with Crippen LogP contribution in [0.25, 0.3) is 0 Å². The van der Waals surface area contributed by atoms with E-state index in [-0.39, 0.29) is 38.7 Å². The Bertz CT molecular complexity index is 1420. The largest absolute Gasteiger partial charge is 0.496 e. The van der Waals surface area contributed by atoms with E-state index in [1.807, 2.05) is 0 Å². The van der Waals surface area contributed by atoms with E-state index in [1.165, 1.54) is 20.1 Å². The van der Waals surface area contributed by atoms with E-state index < -0.39 is 89.2 Å². The fourth-order valence-corrected chi connectivity index (χ4v) is 7.24. The van der Waals surface area contributed by atoms with Gasteiger partial charge in [0.2, 0.25) is 6.23 Å². The number of likely N-dealkylation sites (tertiary alicyclic amines) is 1. The number of nitrogens with one attached hydrogen (secondary N) is 2. The average Bonchev–Trinajstić information content (AvgIpc) is 3.43. The summed E-state index contributed by atoms with van der Waals surface area (Å²) in [6, 6.07) is 0.333. The summed E-state index contributed by atoms with van der Waals surface area (Å²) in [5, 5.41) is 55.7. The lowest BCUT2D eigenvalue weighted by molar-refractivity contribution is -0.985. The van der Waals surface area contributed by atoms with E-state index in [9.17, 15) is 48.0 Å². The number of carbonyl (C=O) groups excluding carboxylic acids is 2. The molecule has 2 heterocycles. The van der Waals surface area contributed by atoms with Crippen molar-refractivity contribution in [2.24, 2.45) is 0 Å². The minimum absolute atomic E-state index is 0.00552. The summed E-state index contributed by atoms with van der Waals surface area (Å²) in [6.07, 6.45) is -8.50. The Hall–Kier alpha value is -3.55. The second kappa shape index (κ2) is 14.9. The van der Waals surface area contributed by atoms with Gasteiger partial charge >= 0.3 is 11.9 Å². The normalized spacial score (nSPS) is 28.7. The third-order valence-corrected chi connectivity index (χ3v) is 10.6. The SMILES string of the molecule is CC[N+]1(C2OC(C(=O)NC(CCC(=O)O)C(=O)O)C(O)C(O)C2O)CCCC1CNC(=O)c1cc(S(=O)(=O)CC)c(N)cc1OC. The zero-order chi connectivity index (χ0) is 34.6. The van der Waals surface area contributed by atoms with E-state index in [4.69, 9.17) is 20.3 Å². The molecule has 0 spiro atoms. The summed E-state index contributed by atoms with van der Waals surface area (Å²) in [4.78, 5) is 48.8. The number of aliphatic hydroxyl groups is 3. The number of carboxylic acids is 2. The van der Waals surface area contributed by atoms with Crippen LogP contribution in [-0.4, -0.2) is 137 Å². The van der Waals surface area contributed by atoms with Crippen LogP contribution < -0.4 is 21.1 Å². The maximum absolute atomic E-state index is 13.4. The lowest BCUT2D eigenvalue weighted by Crippen LogP contribution is -2.73. The van der Waals surface area contributed by atoms with Crippen LogP contribution in [0, 0.1) is 0 Å². The van der Waals surface area contributed by atoms with Gasteiger partial charge in [0.15, 0.2) is 22.0 Å². The summed E-state index contributed by atoms with van der Waals surface area (Å²) in [6.45, 7) is 3.89. The van der Waals surface area contributed by atoms with Crippen molar-refractivity contribution in [1.29, 1.82) is 0 Å². The number of nitrogen functional groups attached to an aromatic ring is 1. The average molecular weight is 676 g/mol. The van der Waals surface area contributed by atoms with Gasteiger partial charge in [0.1, 0.15) is 30.0 Å². The number of sulfone groups is 1. The van der Waals surface area contributed by atoms with E-state index in [2.05, 4.69) is 10.6 Å². The molecule has 0 aromatic heterocycles. The van der Waals surface area contributed by atoms with E-state index in [1.54, 1.807) is 6.92 Å². The van der Waals surface area contributed by atoms with Gasteiger partial charge in [0.05, 0.1) is 48.6 Å². The number of rotatable bonds is 14. The Labute approximate surface area is 265 Å². The van der Waals surface area contributed by atoms with Crippen molar-refractivity contribution in [3.8, 4) is 5.75 Å². The van der Waals surface area contributed by atoms with Gasteiger partial charge in [-0.05, 0) is 19.4 Å². The number of ether oxygens (including phenoxy) is 2. The maximum Gasteiger partial charge on any atom is 0.326 e. The summed E-state index contributed by atoms with van der Waals surface area (Å²) in [5.41, 5.74) is 5.77. The highest BCUT2D eigenvalue weighted by molar-refractivity contribution is 7.91. The Morgan fingerprint density at radius 1 is 1.11 bits per heavy atom. The molecule has 0 bridgehead atoms. The molecule has 17 nitrogen and oxygen atoms in total. The highest BCUT2D eigenvalue weighted by Gasteiger charge is 2.58. The van der Waals surface area contributed by atoms with Crippen molar-refractivity contribution >= 4 is 39.3 Å². The highest BCUT2D eigenvalue weighted by Crippen LogP contribution is 2.37. The summed E-state index contributed by atoms with van der Waals surface area (Å²) in [7, 11) is -2.47. The van der Waals surface area contributed by atoms with Crippen molar-refractivity contribution in [3.05, 3.63) is 17.7 Å². The number of likely N-dealkylation sites (N-methyl/N-ethyl adjacent to an activating group) is 1. The standard InChI is InChI=1S/C28H42N4O13S/c1-4-32(27-23(37)21(35)22(36)24(45-27)26(39)31-17(28(40)41)8-9-20(33)34)10-6-7-14(32)13-30-25(38)15-11-19(46(42,43)5-2)16(29)12-18(15)44-3/h11-12,14,17,21-24,27,35-37H,4-10,13H2,1-3H3,(H5-,29,30,31,33,34,38,39,40,41)/p+1. The molecule has 3 rings (SSSR count). The first-order valence-corrected chi connectivity index (χ1v) is 16.5. The number of methoxy groups -OCH3 is 1. The van der Waals surface area contributed by atoms with Gasteiger partial charge in [-0.1, -0.05) is 6.92 Å². The number of hydrogen-bond acceptors (Lipinski definition) is 12. The van der Waals surface area contributed by atoms with Crippen LogP contribution in [0.4, 0.5) is 5.69 Å². The minimum Gasteiger partial charge on any atom is -0.496 e. The number of amides is 2. The van der Waals surface area contributed by atoms with Gasteiger partial charge in [0, 0.05) is 25.3 Å². The third-order valence-electron chi connectivity index (χ3n) is 8.83. The fraction of sp³-hybridized carbons (Fsp3) is 0.643. The number of benzene rings is 1. The van der Waals surface area contributed by atoms with Crippen molar-refractivity contribution in [2.45, 2.75) is 87.2 Å². The number of nitrogens with zero attached hydrogens (tertiary/aromatic N) is 1. The van der Waals surface area contributed by atoms with Gasteiger partial charge < -0.3 is 51.4 Å². The molecular formula is C28H43N4O13S+. The van der Waals surface area contributed by atoms with Crippen LogP contribution in [0.15, 0.2) is 17.0 Å². The molecule has 0 aliphatic carbocycles. The Balaban J connectivity index is 1.86. The van der Waals surface area contributed by atoms with Gasteiger partial charge in [-0.15, -0.1) is 0 Å². The predicted octanol–water partition coefficient (Wildman–Crippen LogP) is -1.96. The fourth-order valence-electron chi connectivity index (χ4n) is 6.21. The number of aliphatic carboxylic acids is 2. The number of nitrogens with two attached hydrogens (primary N) is 1. The first-order chi connectivity index (χ1) is 21.5. The lowest BCUT2D eigenvalue weighted by Gasteiger charge is -2.51. The van der Waals surface area contributed by atoms with Crippen LogP contribution >= 0.6 is 0 Å². The maximum atomic E-state index is 13.4. The second-order valence-electron chi connectivity index (χ2n) is 11.4. The molecule has 1 aromatic carbocycles. The summed E-state index contributed by atoms with van der Waals surface area (Å²) in [5.74, 6) is -4.77. The zero-order valence-electron chi connectivity index (χ0n) is 25.8. The monoisotopic (exact) mass is 675 g/mol. The molecule has 18 heteroatoms. The van der Waals surface area contributed by atoms with Gasteiger partial charge in [0.25, 0.3) is 11.8 Å². The van der Waals surface area contributed by atoms with Crippen molar-refractivity contribution in [3.63, 3.8) is 0 Å². The molecule has 8 atom stereocenters. The molecule has 2 aliphatic heterocycles. The minimum atomic E-state index is -3.77. The number of aliphatic hydroxyl groups excluding tert-OH is 3. The van der Waals surface area contributed by atoms with Crippen LogP contribution in [0.1, 0.15) is 49.9 Å². The molecule has 2 fully saturated rings. The van der Waals surface area contributed by atoms with Crippen molar-refractivity contribution < 1.29 is 67.1 Å². The number of hydrogen-bond donors (Lipinski definition) is 8. The Morgan fingerprint density at radius 2 is 1.78 bits per heavy atom. The number of anilines is 1.